The van der Waals surface area contributed by atoms with Gasteiger partial charge in [0.1, 0.15) is 5.84 Å². The zero-order valence-electron chi connectivity index (χ0n) is 11.6. The number of oxime groups is 1. The number of rotatable bonds is 4. The molecule has 0 aliphatic heterocycles. The fourth-order valence-corrected chi connectivity index (χ4v) is 1.76. The molecule has 6 nitrogen and oxygen atoms in total. The van der Waals surface area contributed by atoms with Crippen molar-refractivity contribution in [2.24, 2.45) is 10.9 Å². The predicted octanol–water partition coefficient (Wildman–Crippen LogP) is 1.93. The third kappa shape index (κ3) is 4.04. The molecule has 1 aromatic carbocycles. The number of hydrogen-bond acceptors (Lipinski definition) is 4. The monoisotopic (exact) mass is 284 g/mol. The molecule has 1 aromatic heterocycles. The van der Waals surface area contributed by atoms with Crippen molar-refractivity contribution in [3.63, 3.8) is 0 Å². The fraction of sp³-hybridized carbons (Fsp3) is 0.133. The number of amides is 1. The third-order valence-electron chi connectivity index (χ3n) is 2.90. The van der Waals surface area contributed by atoms with Gasteiger partial charge in [-0.15, -0.1) is 0 Å². The minimum absolute atomic E-state index is 0.137. The number of anilines is 1. The Balaban J connectivity index is 2.03. The summed E-state index contributed by atoms with van der Waals surface area (Å²) < 4.78 is 0. The molecular weight excluding hydrogens is 268 g/mol. The van der Waals surface area contributed by atoms with Gasteiger partial charge < -0.3 is 16.3 Å². The number of aryl methyl sites for hydroxylation is 1. The van der Waals surface area contributed by atoms with E-state index < -0.39 is 0 Å². The number of amidine groups is 1. The van der Waals surface area contributed by atoms with Crippen LogP contribution in [0, 0.1) is 6.92 Å². The number of aromatic nitrogens is 1. The molecule has 0 fully saturated rings. The summed E-state index contributed by atoms with van der Waals surface area (Å²) in [5.41, 5.74) is 8.36. The molecule has 4 N–H and O–H groups in total. The van der Waals surface area contributed by atoms with Gasteiger partial charge in [-0.1, -0.05) is 17.3 Å². The van der Waals surface area contributed by atoms with Crippen LogP contribution in [-0.2, 0) is 6.42 Å². The lowest BCUT2D eigenvalue weighted by molar-refractivity contribution is 0.102. The number of hydrogen-bond donors (Lipinski definition) is 3. The SMILES string of the molecule is Cc1ccc(C(=O)Nc2ccc(CC(N)=NO)cc2)cn1. The van der Waals surface area contributed by atoms with Gasteiger partial charge in [0.25, 0.3) is 5.91 Å². The summed E-state index contributed by atoms with van der Waals surface area (Å²) in [6, 6.07) is 10.7. The number of nitrogens with zero attached hydrogens (tertiary/aromatic N) is 2. The Labute approximate surface area is 122 Å². The first-order valence-electron chi connectivity index (χ1n) is 6.38. The highest BCUT2D eigenvalue weighted by Gasteiger charge is 2.06. The smallest absolute Gasteiger partial charge is 0.257 e. The van der Waals surface area contributed by atoms with E-state index in [-0.39, 0.29) is 11.7 Å². The number of nitrogens with one attached hydrogen (secondary N) is 1. The lowest BCUT2D eigenvalue weighted by Crippen LogP contribution is -2.15. The maximum Gasteiger partial charge on any atom is 0.257 e. The standard InChI is InChI=1S/C15H16N4O2/c1-10-2-5-12(9-17-10)15(20)18-13-6-3-11(4-7-13)8-14(16)19-21/h2-7,9,21H,8H2,1H3,(H2,16,19)(H,18,20). The first-order valence-corrected chi connectivity index (χ1v) is 6.38. The second-order valence-electron chi connectivity index (χ2n) is 4.61. The fourth-order valence-electron chi connectivity index (χ4n) is 1.76. The van der Waals surface area contributed by atoms with E-state index in [9.17, 15) is 4.79 Å². The molecular formula is C15H16N4O2. The molecule has 0 aliphatic rings. The van der Waals surface area contributed by atoms with Gasteiger partial charge in [-0.25, -0.2) is 0 Å². The van der Waals surface area contributed by atoms with Crippen molar-refractivity contribution in [3.8, 4) is 0 Å². The second kappa shape index (κ2) is 6.51. The van der Waals surface area contributed by atoms with Gasteiger partial charge in [-0.2, -0.15) is 0 Å². The van der Waals surface area contributed by atoms with E-state index in [1.54, 1.807) is 36.4 Å². The predicted molar refractivity (Wildman–Crippen MR) is 80.5 cm³/mol. The normalized spacial score (nSPS) is 11.2. The van der Waals surface area contributed by atoms with Crippen LogP contribution in [0.1, 0.15) is 21.6 Å². The van der Waals surface area contributed by atoms with E-state index in [1.165, 1.54) is 6.20 Å². The maximum atomic E-state index is 12.0. The Morgan fingerprint density at radius 2 is 2.00 bits per heavy atom. The zero-order chi connectivity index (χ0) is 15.2. The number of nitrogens with two attached hydrogens (primary N) is 1. The number of carbonyl (C=O) groups excluding carboxylic acids is 1. The average molecular weight is 284 g/mol. The highest BCUT2D eigenvalue weighted by atomic mass is 16.4. The van der Waals surface area contributed by atoms with E-state index in [1.807, 2.05) is 6.92 Å². The molecule has 0 unspecified atom stereocenters. The molecule has 2 rings (SSSR count). The average Bonchev–Trinajstić information content (AvgIpc) is 2.49. The summed E-state index contributed by atoms with van der Waals surface area (Å²) in [4.78, 5) is 16.1. The van der Waals surface area contributed by atoms with Crippen LogP contribution >= 0.6 is 0 Å². The van der Waals surface area contributed by atoms with Crippen LogP contribution in [0.15, 0.2) is 47.8 Å². The van der Waals surface area contributed by atoms with Crippen molar-refractivity contribution in [2.45, 2.75) is 13.3 Å². The van der Waals surface area contributed by atoms with Crippen LogP contribution in [-0.4, -0.2) is 21.9 Å². The maximum absolute atomic E-state index is 12.0. The Morgan fingerprint density at radius 3 is 2.57 bits per heavy atom. The van der Waals surface area contributed by atoms with Gasteiger partial charge in [-0.05, 0) is 36.8 Å². The van der Waals surface area contributed by atoms with Crippen molar-refractivity contribution in [3.05, 3.63) is 59.4 Å². The first kappa shape index (κ1) is 14.5. The van der Waals surface area contributed by atoms with E-state index in [0.717, 1.165) is 11.3 Å². The Kier molecular flexibility index (Phi) is 4.50. The van der Waals surface area contributed by atoms with Crippen molar-refractivity contribution in [1.82, 2.24) is 4.98 Å². The summed E-state index contributed by atoms with van der Waals surface area (Å²) in [5, 5.41) is 14.2. The molecule has 2 aromatic rings. The molecule has 21 heavy (non-hydrogen) atoms. The molecule has 0 saturated carbocycles. The highest BCUT2D eigenvalue weighted by Crippen LogP contribution is 2.12. The summed E-state index contributed by atoms with van der Waals surface area (Å²) in [6.45, 7) is 1.86. The van der Waals surface area contributed by atoms with Crippen LogP contribution in [0.5, 0.6) is 0 Å². The molecule has 0 spiro atoms. The Morgan fingerprint density at radius 1 is 1.29 bits per heavy atom. The van der Waals surface area contributed by atoms with Gasteiger partial charge in [0.2, 0.25) is 0 Å². The molecule has 0 bridgehead atoms. The lowest BCUT2D eigenvalue weighted by Gasteiger charge is -2.06. The first-order chi connectivity index (χ1) is 10.1. The molecule has 0 saturated heterocycles. The van der Waals surface area contributed by atoms with Crippen molar-refractivity contribution < 1.29 is 10.0 Å². The summed E-state index contributed by atoms with van der Waals surface area (Å²) in [7, 11) is 0. The van der Waals surface area contributed by atoms with Crippen LogP contribution < -0.4 is 11.1 Å². The molecule has 0 radical (unpaired) electrons. The van der Waals surface area contributed by atoms with Gasteiger partial charge in [0.05, 0.1) is 5.56 Å². The Bertz CT molecular complexity index is 648. The Hall–Kier alpha value is -2.89. The molecule has 0 atom stereocenters. The summed E-state index contributed by atoms with van der Waals surface area (Å²) >= 11 is 0. The number of pyridine rings is 1. The molecule has 0 aliphatic carbocycles. The summed E-state index contributed by atoms with van der Waals surface area (Å²) in [6.07, 6.45) is 1.89. The molecule has 1 amide bonds. The van der Waals surface area contributed by atoms with E-state index in [4.69, 9.17) is 10.9 Å². The lowest BCUT2D eigenvalue weighted by atomic mass is 10.1. The van der Waals surface area contributed by atoms with Gasteiger partial charge >= 0.3 is 0 Å². The van der Waals surface area contributed by atoms with E-state index >= 15 is 0 Å². The van der Waals surface area contributed by atoms with Crippen molar-refractivity contribution >= 4 is 17.4 Å². The van der Waals surface area contributed by atoms with Crippen LogP contribution in [0.25, 0.3) is 0 Å². The third-order valence-corrected chi connectivity index (χ3v) is 2.90. The summed E-state index contributed by atoms with van der Waals surface area (Å²) in [5.74, 6) is -0.0794. The van der Waals surface area contributed by atoms with Gasteiger partial charge in [0.15, 0.2) is 0 Å². The van der Waals surface area contributed by atoms with Crippen molar-refractivity contribution in [2.75, 3.05) is 5.32 Å². The highest BCUT2D eigenvalue weighted by molar-refractivity contribution is 6.04. The van der Waals surface area contributed by atoms with E-state index in [2.05, 4.69) is 15.5 Å². The van der Waals surface area contributed by atoms with Crippen molar-refractivity contribution in [1.29, 1.82) is 0 Å². The topological polar surface area (TPSA) is 101 Å². The van der Waals surface area contributed by atoms with Crippen LogP contribution in [0.2, 0.25) is 0 Å². The molecule has 1 heterocycles. The van der Waals surface area contributed by atoms with E-state index in [0.29, 0.717) is 17.7 Å². The minimum Gasteiger partial charge on any atom is -0.409 e. The van der Waals surface area contributed by atoms with Gasteiger partial charge in [-0.3, -0.25) is 9.78 Å². The number of benzene rings is 1. The second-order valence-corrected chi connectivity index (χ2v) is 4.61. The minimum atomic E-state index is -0.216. The number of carbonyl (C=O) groups is 1. The quantitative estimate of drug-likeness (QED) is 0.345. The molecule has 6 heteroatoms. The molecule has 108 valence electrons. The van der Waals surface area contributed by atoms with Crippen LogP contribution in [0.4, 0.5) is 5.69 Å². The van der Waals surface area contributed by atoms with Crippen LogP contribution in [0.3, 0.4) is 0 Å². The zero-order valence-corrected chi connectivity index (χ0v) is 11.6. The largest absolute Gasteiger partial charge is 0.409 e. The van der Waals surface area contributed by atoms with Gasteiger partial charge in [0, 0.05) is 24.0 Å².